The summed E-state index contributed by atoms with van der Waals surface area (Å²) in [5, 5.41) is 3.65. The first-order valence-electron chi connectivity index (χ1n) is 7.07. The van der Waals surface area contributed by atoms with Crippen LogP contribution in [-0.4, -0.2) is 37.1 Å². The summed E-state index contributed by atoms with van der Waals surface area (Å²) in [6.45, 7) is 9.31. The highest BCUT2D eigenvalue weighted by Gasteiger charge is 2.23. The average Bonchev–Trinajstić information content (AvgIpc) is 2.26. The summed E-state index contributed by atoms with van der Waals surface area (Å²) in [6.07, 6.45) is 6.75. The van der Waals surface area contributed by atoms with E-state index in [2.05, 4.69) is 38.0 Å². The number of rotatable bonds is 6. The molecule has 1 fully saturated rings. The minimum absolute atomic E-state index is 0.793. The summed E-state index contributed by atoms with van der Waals surface area (Å²) in [5.41, 5.74) is 0. The second-order valence-corrected chi connectivity index (χ2v) is 5.79. The first kappa shape index (κ1) is 14.0. The molecule has 1 N–H and O–H groups in total. The topological polar surface area (TPSA) is 15.3 Å². The van der Waals surface area contributed by atoms with Crippen molar-refractivity contribution in [3.63, 3.8) is 0 Å². The van der Waals surface area contributed by atoms with Crippen molar-refractivity contribution in [2.75, 3.05) is 20.1 Å². The Morgan fingerprint density at radius 1 is 1.19 bits per heavy atom. The van der Waals surface area contributed by atoms with Gasteiger partial charge in [0.15, 0.2) is 0 Å². The highest BCUT2D eigenvalue weighted by molar-refractivity contribution is 4.81. The summed E-state index contributed by atoms with van der Waals surface area (Å²) < 4.78 is 0. The Balaban J connectivity index is 2.20. The quantitative estimate of drug-likeness (QED) is 0.749. The third kappa shape index (κ3) is 4.84. The molecule has 0 atom stereocenters. The van der Waals surface area contributed by atoms with E-state index < -0.39 is 0 Å². The molecule has 2 nitrogen and oxygen atoms in total. The van der Waals surface area contributed by atoms with E-state index >= 15 is 0 Å². The highest BCUT2D eigenvalue weighted by atomic mass is 15.1. The highest BCUT2D eigenvalue weighted by Crippen LogP contribution is 2.22. The van der Waals surface area contributed by atoms with Gasteiger partial charge in [0.2, 0.25) is 0 Å². The van der Waals surface area contributed by atoms with Crippen LogP contribution in [0.4, 0.5) is 0 Å². The molecule has 0 spiro atoms. The molecular weight excluding hydrogens is 196 g/mol. The molecule has 0 bridgehead atoms. The monoisotopic (exact) mass is 226 g/mol. The zero-order valence-electron chi connectivity index (χ0n) is 11.6. The first-order chi connectivity index (χ1) is 7.63. The van der Waals surface area contributed by atoms with Crippen molar-refractivity contribution in [1.29, 1.82) is 0 Å². The fourth-order valence-corrected chi connectivity index (χ4v) is 2.79. The van der Waals surface area contributed by atoms with Crippen molar-refractivity contribution < 1.29 is 0 Å². The average molecular weight is 226 g/mol. The molecule has 0 aromatic carbocycles. The van der Waals surface area contributed by atoms with Crippen LogP contribution in [0.25, 0.3) is 0 Å². The van der Waals surface area contributed by atoms with Gasteiger partial charge in [0.25, 0.3) is 0 Å². The van der Waals surface area contributed by atoms with Gasteiger partial charge in [0.05, 0.1) is 0 Å². The van der Waals surface area contributed by atoms with Crippen molar-refractivity contribution >= 4 is 0 Å². The summed E-state index contributed by atoms with van der Waals surface area (Å²) in [4.78, 5) is 2.57. The van der Waals surface area contributed by atoms with Crippen LogP contribution >= 0.6 is 0 Å². The van der Waals surface area contributed by atoms with E-state index in [0.29, 0.717) is 0 Å². The lowest BCUT2D eigenvalue weighted by Crippen LogP contribution is -2.42. The number of hydrogen-bond donors (Lipinski definition) is 1. The zero-order chi connectivity index (χ0) is 12.0. The van der Waals surface area contributed by atoms with E-state index in [0.717, 1.165) is 18.0 Å². The Kier molecular flexibility index (Phi) is 6.37. The largest absolute Gasteiger partial charge is 0.314 e. The molecule has 96 valence electrons. The van der Waals surface area contributed by atoms with Gasteiger partial charge >= 0.3 is 0 Å². The minimum atomic E-state index is 0.793. The molecule has 2 heteroatoms. The molecule has 1 aliphatic rings. The number of nitrogens with zero attached hydrogens (tertiary/aromatic N) is 1. The number of hydrogen-bond acceptors (Lipinski definition) is 2. The molecule has 0 saturated heterocycles. The van der Waals surface area contributed by atoms with Crippen molar-refractivity contribution in [2.24, 2.45) is 5.92 Å². The second kappa shape index (κ2) is 7.29. The smallest absolute Gasteiger partial charge is 0.00934 e. The van der Waals surface area contributed by atoms with Gasteiger partial charge in [-0.25, -0.2) is 0 Å². The molecule has 16 heavy (non-hydrogen) atoms. The predicted molar refractivity (Wildman–Crippen MR) is 71.8 cm³/mol. The van der Waals surface area contributed by atoms with Crippen molar-refractivity contribution in [2.45, 2.75) is 65.0 Å². The molecule has 0 aliphatic heterocycles. The predicted octanol–water partition coefficient (Wildman–Crippen LogP) is 2.89. The molecule has 0 heterocycles. The van der Waals surface area contributed by atoms with Crippen LogP contribution in [0.15, 0.2) is 0 Å². The molecule has 1 aliphatic carbocycles. The standard InChI is InChI=1S/C14H30N2/c1-5-10-15-13-6-8-14(9-7-13)16(4)11-12(2)3/h12-15H,5-11H2,1-4H3. The fourth-order valence-electron chi connectivity index (χ4n) is 2.79. The van der Waals surface area contributed by atoms with Crippen molar-refractivity contribution in [3.05, 3.63) is 0 Å². The number of nitrogens with one attached hydrogen (secondary N) is 1. The van der Waals surface area contributed by atoms with Gasteiger partial charge < -0.3 is 10.2 Å². The lowest BCUT2D eigenvalue weighted by molar-refractivity contribution is 0.160. The van der Waals surface area contributed by atoms with Gasteiger partial charge in [0.1, 0.15) is 0 Å². The molecular formula is C14H30N2. The zero-order valence-corrected chi connectivity index (χ0v) is 11.6. The van der Waals surface area contributed by atoms with Gasteiger partial charge in [-0.3, -0.25) is 0 Å². The Bertz CT molecular complexity index is 172. The molecule has 0 amide bonds. The van der Waals surface area contributed by atoms with E-state index in [9.17, 15) is 0 Å². The molecule has 0 aromatic rings. The minimum Gasteiger partial charge on any atom is -0.314 e. The summed E-state index contributed by atoms with van der Waals surface area (Å²) >= 11 is 0. The van der Waals surface area contributed by atoms with E-state index in [4.69, 9.17) is 0 Å². The Hall–Kier alpha value is -0.0800. The maximum Gasteiger partial charge on any atom is 0.00934 e. The summed E-state index contributed by atoms with van der Waals surface area (Å²) in [5.74, 6) is 0.793. The maximum absolute atomic E-state index is 3.65. The van der Waals surface area contributed by atoms with Gasteiger partial charge in [-0.1, -0.05) is 20.8 Å². The third-order valence-corrected chi connectivity index (χ3v) is 3.66. The molecule has 0 aromatic heterocycles. The molecule has 0 unspecified atom stereocenters. The van der Waals surface area contributed by atoms with Gasteiger partial charge in [-0.2, -0.15) is 0 Å². The van der Waals surface area contributed by atoms with E-state index in [1.807, 2.05) is 0 Å². The fraction of sp³-hybridized carbons (Fsp3) is 1.00. The van der Waals surface area contributed by atoms with Crippen LogP contribution in [0.1, 0.15) is 52.9 Å². The lowest BCUT2D eigenvalue weighted by atomic mass is 9.90. The summed E-state index contributed by atoms with van der Waals surface area (Å²) in [6, 6.07) is 1.63. The molecule has 0 radical (unpaired) electrons. The van der Waals surface area contributed by atoms with Crippen LogP contribution in [0.3, 0.4) is 0 Å². The van der Waals surface area contributed by atoms with Crippen LogP contribution < -0.4 is 5.32 Å². The lowest BCUT2D eigenvalue weighted by Gasteiger charge is -2.35. The Labute approximate surface area is 102 Å². The normalized spacial score (nSPS) is 26.6. The second-order valence-electron chi connectivity index (χ2n) is 5.79. The third-order valence-electron chi connectivity index (χ3n) is 3.66. The first-order valence-corrected chi connectivity index (χ1v) is 7.07. The van der Waals surface area contributed by atoms with Crippen LogP contribution in [0.2, 0.25) is 0 Å². The maximum atomic E-state index is 3.65. The molecule has 1 rings (SSSR count). The van der Waals surface area contributed by atoms with Crippen LogP contribution in [0.5, 0.6) is 0 Å². The SMILES string of the molecule is CCCNC1CCC(N(C)CC(C)C)CC1. The van der Waals surface area contributed by atoms with Crippen molar-refractivity contribution in [3.8, 4) is 0 Å². The van der Waals surface area contributed by atoms with Crippen LogP contribution in [-0.2, 0) is 0 Å². The Morgan fingerprint density at radius 3 is 2.31 bits per heavy atom. The van der Waals surface area contributed by atoms with Gasteiger partial charge in [0, 0.05) is 18.6 Å². The van der Waals surface area contributed by atoms with E-state index in [1.54, 1.807) is 0 Å². The van der Waals surface area contributed by atoms with E-state index in [1.165, 1.54) is 45.2 Å². The molecule has 1 saturated carbocycles. The van der Waals surface area contributed by atoms with Crippen molar-refractivity contribution in [1.82, 2.24) is 10.2 Å². The van der Waals surface area contributed by atoms with Gasteiger partial charge in [-0.15, -0.1) is 0 Å². The van der Waals surface area contributed by atoms with Gasteiger partial charge in [-0.05, 0) is 51.6 Å². The summed E-state index contributed by atoms with van der Waals surface area (Å²) in [7, 11) is 2.30. The van der Waals surface area contributed by atoms with E-state index in [-0.39, 0.29) is 0 Å². The van der Waals surface area contributed by atoms with Crippen LogP contribution in [0, 0.1) is 5.92 Å². The Morgan fingerprint density at radius 2 is 1.81 bits per heavy atom.